The molecule has 2 amide bonds. The number of carbonyl (C=O) groups is 2. The van der Waals surface area contributed by atoms with Crippen molar-refractivity contribution in [3.63, 3.8) is 0 Å². The van der Waals surface area contributed by atoms with Crippen LogP contribution in [-0.2, 0) is 16.1 Å². The second-order valence-corrected chi connectivity index (χ2v) is 7.30. The molecule has 130 valence electrons. The number of morpholine rings is 1. The second-order valence-electron chi connectivity index (χ2n) is 6.32. The molecule has 0 radical (unpaired) electrons. The first-order valence-corrected chi connectivity index (χ1v) is 9.40. The molecule has 0 spiro atoms. The number of carbonyl (C=O) groups excluding carboxylic acids is 2. The van der Waals surface area contributed by atoms with Crippen molar-refractivity contribution in [2.75, 3.05) is 26.3 Å². The van der Waals surface area contributed by atoms with Crippen LogP contribution in [0, 0.1) is 0 Å². The molecule has 1 fully saturated rings. The third kappa shape index (κ3) is 3.19. The fraction of sp³-hybridized carbons (Fsp3) is 0.368. The molecule has 1 atom stereocenters. The summed E-state index contributed by atoms with van der Waals surface area (Å²) in [7, 11) is 0. The zero-order valence-electron chi connectivity index (χ0n) is 13.9. The number of hydrogen-bond acceptors (Lipinski definition) is 4. The molecule has 1 aromatic carbocycles. The van der Waals surface area contributed by atoms with E-state index in [-0.39, 0.29) is 17.9 Å². The Bertz CT molecular complexity index is 769. The SMILES string of the molecule is O=C(CC(c1cccs1)N1Cc2ccccc2C1=O)N1CCOCC1. The third-order valence-corrected chi connectivity index (χ3v) is 5.80. The fourth-order valence-corrected chi connectivity index (χ4v) is 4.32. The summed E-state index contributed by atoms with van der Waals surface area (Å²) < 4.78 is 5.33. The minimum Gasteiger partial charge on any atom is -0.378 e. The maximum Gasteiger partial charge on any atom is 0.255 e. The molecular formula is C19H20N2O3S. The Morgan fingerprint density at radius 3 is 2.68 bits per heavy atom. The van der Waals surface area contributed by atoms with Crippen molar-refractivity contribution in [3.8, 4) is 0 Å². The summed E-state index contributed by atoms with van der Waals surface area (Å²) >= 11 is 1.60. The van der Waals surface area contributed by atoms with Crippen molar-refractivity contribution in [1.29, 1.82) is 0 Å². The fourth-order valence-electron chi connectivity index (χ4n) is 3.48. The molecule has 4 rings (SSSR count). The molecule has 6 heteroatoms. The summed E-state index contributed by atoms with van der Waals surface area (Å²) in [6.07, 6.45) is 0.320. The molecule has 0 aliphatic carbocycles. The first kappa shape index (κ1) is 16.3. The Morgan fingerprint density at radius 1 is 1.16 bits per heavy atom. The molecule has 1 saturated heterocycles. The summed E-state index contributed by atoms with van der Waals surface area (Å²) in [5.41, 5.74) is 1.79. The van der Waals surface area contributed by atoms with Gasteiger partial charge >= 0.3 is 0 Å². The number of ether oxygens (including phenoxy) is 1. The van der Waals surface area contributed by atoms with Gasteiger partial charge in [0.25, 0.3) is 5.91 Å². The van der Waals surface area contributed by atoms with Crippen molar-refractivity contribution in [3.05, 3.63) is 57.8 Å². The van der Waals surface area contributed by atoms with E-state index in [0.29, 0.717) is 39.3 Å². The molecule has 25 heavy (non-hydrogen) atoms. The smallest absolute Gasteiger partial charge is 0.255 e. The van der Waals surface area contributed by atoms with E-state index in [1.165, 1.54) is 0 Å². The minimum atomic E-state index is -0.213. The average molecular weight is 356 g/mol. The normalized spacial score (nSPS) is 18.3. The highest BCUT2D eigenvalue weighted by Gasteiger charge is 2.35. The summed E-state index contributed by atoms with van der Waals surface area (Å²) in [4.78, 5) is 30.4. The number of amides is 2. The van der Waals surface area contributed by atoms with E-state index in [2.05, 4.69) is 0 Å². The second kappa shape index (κ2) is 6.98. The van der Waals surface area contributed by atoms with Crippen molar-refractivity contribution in [2.24, 2.45) is 0 Å². The number of benzene rings is 1. The van der Waals surface area contributed by atoms with Crippen LogP contribution in [0.4, 0.5) is 0 Å². The first-order valence-electron chi connectivity index (χ1n) is 8.52. The van der Waals surface area contributed by atoms with Gasteiger partial charge in [0, 0.05) is 30.1 Å². The van der Waals surface area contributed by atoms with E-state index in [0.717, 1.165) is 16.0 Å². The van der Waals surface area contributed by atoms with E-state index in [1.807, 2.05) is 51.6 Å². The van der Waals surface area contributed by atoms with Crippen LogP contribution < -0.4 is 0 Å². The van der Waals surface area contributed by atoms with Crippen molar-refractivity contribution in [2.45, 2.75) is 19.0 Å². The Morgan fingerprint density at radius 2 is 1.96 bits per heavy atom. The highest BCUT2D eigenvalue weighted by atomic mass is 32.1. The third-order valence-electron chi connectivity index (χ3n) is 4.83. The van der Waals surface area contributed by atoms with Gasteiger partial charge in [-0.15, -0.1) is 11.3 Å². The van der Waals surface area contributed by atoms with Crippen LogP contribution in [0.1, 0.15) is 33.3 Å². The number of hydrogen-bond donors (Lipinski definition) is 0. The van der Waals surface area contributed by atoms with Crippen LogP contribution in [0.5, 0.6) is 0 Å². The van der Waals surface area contributed by atoms with Gasteiger partial charge in [-0.25, -0.2) is 0 Å². The number of fused-ring (bicyclic) bond motifs is 1. The molecule has 1 aromatic heterocycles. The van der Waals surface area contributed by atoms with Crippen LogP contribution in [0.15, 0.2) is 41.8 Å². The largest absolute Gasteiger partial charge is 0.378 e. The maximum atomic E-state index is 12.9. The average Bonchev–Trinajstić information content (AvgIpc) is 3.29. The van der Waals surface area contributed by atoms with Gasteiger partial charge in [0.2, 0.25) is 5.91 Å². The van der Waals surface area contributed by atoms with Crippen LogP contribution in [0.3, 0.4) is 0 Å². The lowest BCUT2D eigenvalue weighted by atomic mass is 10.1. The van der Waals surface area contributed by atoms with Gasteiger partial charge in [-0.05, 0) is 23.1 Å². The number of nitrogens with zero attached hydrogens (tertiary/aromatic N) is 2. The predicted octanol–water partition coefficient (Wildman–Crippen LogP) is 2.69. The number of thiophene rings is 1. The molecule has 2 aromatic rings. The molecule has 0 N–H and O–H groups in total. The number of rotatable bonds is 4. The zero-order valence-corrected chi connectivity index (χ0v) is 14.7. The van der Waals surface area contributed by atoms with E-state index in [9.17, 15) is 9.59 Å². The topological polar surface area (TPSA) is 49.9 Å². The van der Waals surface area contributed by atoms with E-state index < -0.39 is 0 Å². The Balaban J connectivity index is 1.58. The summed E-state index contributed by atoms with van der Waals surface area (Å²) in [6, 6.07) is 11.5. The molecular weight excluding hydrogens is 336 g/mol. The van der Waals surface area contributed by atoms with Gasteiger partial charge in [-0.2, -0.15) is 0 Å². The molecule has 5 nitrogen and oxygen atoms in total. The van der Waals surface area contributed by atoms with Gasteiger partial charge in [-0.1, -0.05) is 24.3 Å². The Kier molecular flexibility index (Phi) is 4.55. The lowest BCUT2D eigenvalue weighted by Gasteiger charge is -2.31. The first-order chi connectivity index (χ1) is 12.2. The predicted molar refractivity (Wildman–Crippen MR) is 95.4 cm³/mol. The van der Waals surface area contributed by atoms with Crippen LogP contribution in [-0.4, -0.2) is 47.9 Å². The van der Waals surface area contributed by atoms with E-state index in [1.54, 1.807) is 11.3 Å². The van der Waals surface area contributed by atoms with Crippen LogP contribution in [0.2, 0.25) is 0 Å². The van der Waals surface area contributed by atoms with Crippen molar-refractivity contribution >= 4 is 23.2 Å². The Hall–Kier alpha value is -2.18. The molecule has 1 unspecified atom stereocenters. The molecule has 2 aliphatic rings. The van der Waals surface area contributed by atoms with Gasteiger partial charge in [0.15, 0.2) is 0 Å². The molecule has 0 saturated carbocycles. The summed E-state index contributed by atoms with van der Waals surface area (Å²) in [6.45, 7) is 3.00. The molecule has 2 aliphatic heterocycles. The van der Waals surface area contributed by atoms with Crippen molar-refractivity contribution < 1.29 is 14.3 Å². The standard InChI is InChI=1S/C19H20N2O3S/c22-18(20-7-9-24-10-8-20)12-16(17-6-3-11-25-17)21-13-14-4-1-2-5-15(14)19(21)23/h1-6,11,16H,7-10,12-13H2. The highest BCUT2D eigenvalue weighted by Crippen LogP contribution is 2.35. The van der Waals surface area contributed by atoms with Gasteiger partial charge in [0.1, 0.15) is 0 Å². The van der Waals surface area contributed by atoms with Gasteiger partial charge < -0.3 is 14.5 Å². The highest BCUT2D eigenvalue weighted by molar-refractivity contribution is 7.10. The molecule has 0 bridgehead atoms. The quantitative estimate of drug-likeness (QED) is 0.846. The van der Waals surface area contributed by atoms with Gasteiger partial charge in [-0.3, -0.25) is 9.59 Å². The van der Waals surface area contributed by atoms with Crippen molar-refractivity contribution in [1.82, 2.24) is 9.80 Å². The summed E-state index contributed by atoms with van der Waals surface area (Å²) in [5, 5.41) is 2.00. The summed E-state index contributed by atoms with van der Waals surface area (Å²) in [5.74, 6) is 0.106. The minimum absolute atomic E-state index is 0.0174. The lowest BCUT2D eigenvalue weighted by molar-refractivity contribution is -0.136. The lowest BCUT2D eigenvalue weighted by Crippen LogP contribution is -2.42. The monoisotopic (exact) mass is 356 g/mol. The van der Waals surface area contributed by atoms with E-state index in [4.69, 9.17) is 4.74 Å². The maximum absolute atomic E-state index is 12.9. The van der Waals surface area contributed by atoms with Gasteiger partial charge in [0.05, 0.1) is 25.7 Å². The van der Waals surface area contributed by atoms with Crippen LogP contribution >= 0.6 is 11.3 Å². The molecule has 3 heterocycles. The Labute approximate surface area is 150 Å². The van der Waals surface area contributed by atoms with Crippen LogP contribution in [0.25, 0.3) is 0 Å². The zero-order chi connectivity index (χ0) is 17.2. The van der Waals surface area contributed by atoms with E-state index >= 15 is 0 Å².